The van der Waals surface area contributed by atoms with E-state index in [4.69, 9.17) is 4.74 Å². The second-order valence-electron chi connectivity index (χ2n) is 6.45. The lowest BCUT2D eigenvalue weighted by Crippen LogP contribution is -2.51. The summed E-state index contributed by atoms with van der Waals surface area (Å²) in [7, 11) is 1.78. The lowest BCUT2D eigenvalue weighted by Gasteiger charge is -2.38. The monoisotopic (exact) mass is 346 g/mol. The highest BCUT2D eigenvalue weighted by molar-refractivity contribution is 5.23. The number of piperidine rings is 1. The summed E-state index contributed by atoms with van der Waals surface area (Å²) in [6.45, 7) is 2.29. The van der Waals surface area contributed by atoms with Crippen molar-refractivity contribution in [1.82, 2.24) is 14.9 Å². The molecule has 7 heteroatoms. The van der Waals surface area contributed by atoms with Crippen LogP contribution < -0.4 is 10.1 Å². The second kappa shape index (κ2) is 7.76. The summed E-state index contributed by atoms with van der Waals surface area (Å²) < 4.78 is 18.6. The Kier molecular flexibility index (Phi) is 5.45. The van der Waals surface area contributed by atoms with Crippen LogP contribution in [0.3, 0.4) is 0 Å². The van der Waals surface area contributed by atoms with Crippen LogP contribution in [0.5, 0.6) is 5.75 Å². The standard InChI is InChI=1S/C18H23FN4O2/c1-20-17-21-9-14(10-22-17)11-23-8-2-7-18(24,12-23)13-25-16-5-3-15(19)4-6-16/h3-6,9-10,24H,2,7-8,11-13H2,1H3,(H,20,21,22)/t18-/m0/s1. The molecule has 0 bridgehead atoms. The summed E-state index contributed by atoms with van der Waals surface area (Å²) in [6, 6.07) is 5.84. The van der Waals surface area contributed by atoms with Crippen molar-refractivity contribution in [3.63, 3.8) is 0 Å². The number of β-amino-alcohol motifs (C(OH)–C–C–N with tert-alkyl or cyclic N) is 1. The fourth-order valence-corrected chi connectivity index (χ4v) is 3.03. The summed E-state index contributed by atoms with van der Waals surface area (Å²) in [4.78, 5) is 10.6. The van der Waals surface area contributed by atoms with Crippen LogP contribution in [0.2, 0.25) is 0 Å². The van der Waals surface area contributed by atoms with Gasteiger partial charge in [0.15, 0.2) is 0 Å². The zero-order valence-electron chi connectivity index (χ0n) is 14.3. The van der Waals surface area contributed by atoms with Crippen molar-refractivity contribution in [2.24, 2.45) is 0 Å². The van der Waals surface area contributed by atoms with Crippen molar-refractivity contribution >= 4 is 5.95 Å². The molecule has 0 amide bonds. The highest BCUT2D eigenvalue weighted by atomic mass is 19.1. The molecule has 2 N–H and O–H groups in total. The zero-order valence-corrected chi connectivity index (χ0v) is 14.3. The first kappa shape index (κ1) is 17.6. The number of aromatic nitrogens is 2. The predicted octanol–water partition coefficient (Wildman–Crippen LogP) is 2.06. The van der Waals surface area contributed by atoms with Gasteiger partial charge >= 0.3 is 0 Å². The summed E-state index contributed by atoms with van der Waals surface area (Å²) in [6.07, 6.45) is 5.15. The van der Waals surface area contributed by atoms with Gasteiger partial charge in [0.2, 0.25) is 5.95 Å². The minimum absolute atomic E-state index is 0.185. The smallest absolute Gasteiger partial charge is 0.222 e. The highest BCUT2D eigenvalue weighted by Gasteiger charge is 2.34. The second-order valence-corrected chi connectivity index (χ2v) is 6.45. The maximum Gasteiger partial charge on any atom is 0.222 e. The quantitative estimate of drug-likeness (QED) is 0.834. The van der Waals surface area contributed by atoms with Crippen molar-refractivity contribution in [1.29, 1.82) is 0 Å². The molecule has 1 atom stereocenters. The van der Waals surface area contributed by atoms with Gasteiger partial charge in [0, 0.05) is 38.1 Å². The zero-order chi connectivity index (χ0) is 17.7. The summed E-state index contributed by atoms with van der Waals surface area (Å²) >= 11 is 0. The molecule has 0 spiro atoms. The van der Waals surface area contributed by atoms with Crippen LogP contribution in [-0.2, 0) is 6.54 Å². The van der Waals surface area contributed by atoms with E-state index in [1.807, 2.05) is 0 Å². The first-order chi connectivity index (χ1) is 12.1. The third-order valence-electron chi connectivity index (χ3n) is 4.29. The van der Waals surface area contributed by atoms with E-state index in [1.54, 1.807) is 31.6 Å². The van der Waals surface area contributed by atoms with Gasteiger partial charge in [0.05, 0.1) is 0 Å². The molecule has 0 aliphatic carbocycles. The van der Waals surface area contributed by atoms with Crippen molar-refractivity contribution in [3.8, 4) is 5.75 Å². The number of likely N-dealkylation sites (tertiary alicyclic amines) is 1. The summed E-state index contributed by atoms with van der Waals surface area (Å²) in [5, 5.41) is 13.7. The Morgan fingerprint density at radius 1 is 1.28 bits per heavy atom. The van der Waals surface area contributed by atoms with E-state index >= 15 is 0 Å². The Balaban J connectivity index is 1.56. The van der Waals surface area contributed by atoms with Gasteiger partial charge in [-0.1, -0.05) is 0 Å². The third-order valence-corrected chi connectivity index (χ3v) is 4.29. The number of benzene rings is 1. The summed E-state index contributed by atoms with van der Waals surface area (Å²) in [5.41, 5.74) is 0.0843. The van der Waals surface area contributed by atoms with Gasteiger partial charge in [-0.3, -0.25) is 4.90 Å². The molecule has 134 valence electrons. The van der Waals surface area contributed by atoms with Gasteiger partial charge in [-0.05, 0) is 43.7 Å². The predicted molar refractivity (Wildman–Crippen MR) is 92.9 cm³/mol. The molecule has 1 fully saturated rings. The van der Waals surface area contributed by atoms with E-state index in [0.29, 0.717) is 31.2 Å². The van der Waals surface area contributed by atoms with Gasteiger partial charge in [0.1, 0.15) is 23.8 Å². The average Bonchev–Trinajstić information content (AvgIpc) is 2.62. The molecule has 1 aromatic heterocycles. The van der Waals surface area contributed by atoms with Crippen LogP contribution in [-0.4, -0.2) is 52.3 Å². The Labute approximate surface area is 146 Å². The van der Waals surface area contributed by atoms with Crippen molar-refractivity contribution in [2.75, 3.05) is 32.1 Å². The maximum absolute atomic E-state index is 12.9. The van der Waals surface area contributed by atoms with E-state index in [2.05, 4.69) is 20.2 Å². The van der Waals surface area contributed by atoms with E-state index in [9.17, 15) is 9.50 Å². The minimum atomic E-state index is -0.918. The molecule has 0 unspecified atom stereocenters. The number of aliphatic hydroxyl groups is 1. The number of nitrogens with zero attached hydrogens (tertiary/aromatic N) is 3. The minimum Gasteiger partial charge on any atom is -0.491 e. The topological polar surface area (TPSA) is 70.5 Å². The van der Waals surface area contributed by atoms with Crippen LogP contribution in [0.15, 0.2) is 36.7 Å². The van der Waals surface area contributed by atoms with Crippen molar-refractivity contribution in [2.45, 2.75) is 25.0 Å². The first-order valence-corrected chi connectivity index (χ1v) is 8.38. The molecule has 0 radical (unpaired) electrons. The number of anilines is 1. The Morgan fingerprint density at radius 3 is 2.68 bits per heavy atom. The van der Waals surface area contributed by atoms with Crippen molar-refractivity contribution in [3.05, 3.63) is 48.0 Å². The molecule has 0 saturated carbocycles. The van der Waals surface area contributed by atoms with Crippen LogP contribution in [0, 0.1) is 5.82 Å². The third kappa shape index (κ3) is 4.87. The molecule has 1 aliphatic rings. The number of halogens is 1. The van der Waals surface area contributed by atoms with E-state index < -0.39 is 5.60 Å². The Hall–Kier alpha value is -2.25. The number of ether oxygens (including phenoxy) is 1. The van der Waals surface area contributed by atoms with Gasteiger partial charge in [-0.15, -0.1) is 0 Å². The van der Waals surface area contributed by atoms with E-state index in [0.717, 1.165) is 18.5 Å². The fourth-order valence-electron chi connectivity index (χ4n) is 3.03. The van der Waals surface area contributed by atoms with Gasteiger partial charge in [-0.2, -0.15) is 0 Å². The molecule has 6 nitrogen and oxygen atoms in total. The van der Waals surface area contributed by atoms with Gasteiger partial charge < -0.3 is 15.2 Å². The largest absolute Gasteiger partial charge is 0.491 e. The SMILES string of the molecule is CNc1ncc(CN2CCC[C@@](O)(COc3ccc(F)cc3)C2)cn1. The van der Waals surface area contributed by atoms with Crippen molar-refractivity contribution < 1.29 is 14.2 Å². The lowest BCUT2D eigenvalue weighted by atomic mass is 9.93. The van der Waals surface area contributed by atoms with Crippen LogP contribution in [0.1, 0.15) is 18.4 Å². The van der Waals surface area contributed by atoms with E-state index in [1.165, 1.54) is 12.1 Å². The first-order valence-electron chi connectivity index (χ1n) is 8.38. The average molecular weight is 346 g/mol. The Morgan fingerprint density at radius 2 is 2.00 bits per heavy atom. The lowest BCUT2D eigenvalue weighted by molar-refractivity contribution is -0.0621. The van der Waals surface area contributed by atoms with E-state index in [-0.39, 0.29) is 12.4 Å². The van der Waals surface area contributed by atoms with Gasteiger partial charge in [-0.25, -0.2) is 14.4 Å². The fraction of sp³-hybridized carbons (Fsp3) is 0.444. The molecule has 3 rings (SSSR count). The Bertz CT molecular complexity index is 680. The molecule has 1 saturated heterocycles. The summed E-state index contributed by atoms with van der Waals surface area (Å²) in [5.74, 6) is 0.844. The number of hydrogen-bond donors (Lipinski definition) is 2. The van der Waals surface area contributed by atoms with Crippen LogP contribution in [0.4, 0.5) is 10.3 Å². The molecule has 2 heterocycles. The van der Waals surface area contributed by atoms with Crippen LogP contribution in [0.25, 0.3) is 0 Å². The highest BCUT2D eigenvalue weighted by Crippen LogP contribution is 2.24. The maximum atomic E-state index is 12.9. The molecular weight excluding hydrogens is 323 g/mol. The molecule has 1 aliphatic heterocycles. The molecular formula is C18H23FN4O2. The molecule has 2 aromatic rings. The normalized spacial score (nSPS) is 21.1. The van der Waals surface area contributed by atoms with Crippen LogP contribution >= 0.6 is 0 Å². The number of nitrogens with one attached hydrogen (secondary N) is 1. The molecule has 1 aromatic carbocycles. The molecule has 25 heavy (non-hydrogen) atoms. The number of rotatable bonds is 6. The number of hydrogen-bond acceptors (Lipinski definition) is 6. The van der Waals surface area contributed by atoms with Gasteiger partial charge in [0.25, 0.3) is 0 Å².